The monoisotopic (exact) mass is 261 g/mol. The molecule has 2 amide bonds. The van der Waals surface area contributed by atoms with E-state index in [-0.39, 0.29) is 12.8 Å². The second-order valence-corrected chi connectivity index (χ2v) is 3.64. The van der Waals surface area contributed by atoms with E-state index >= 15 is 0 Å². The topological polar surface area (TPSA) is 173 Å². The maximum Gasteiger partial charge on any atom is 0.303 e. The fourth-order valence-corrected chi connectivity index (χ4v) is 1.28. The van der Waals surface area contributed by atoms with Crippen LogP contribution in [0.5, 0.6) is 0 Å². The number of amides is 2. The van der Waals surface area contributed by atoms with Crippen molar-refractivity contribution < 1.29 is 29.5 Å². The van der Waals surface area contributed by atoms with E-state index in [4.69, 9.17) is 21.8 Å². The Morgan fingerprint density at radius 1 is 1.22 bits per heavy atom. The first-order valence-corrected chi connectivity index (χ1v) is 5.03. The van der Waals surface area contributed by atoms with Crippen LogP contribution in [-0.2, 0) is 19.2 Å². The van der Waals surface area contributed by atoms with Crippen LogP contribution in [0.15, 0.2) is 0 Å². The highest BCUT2D eigenvalue weighted by Crippen LogP contribution is 2.10. The lowest BCUT2D eigenvalue weighted by atomic mass is 9.92. The maximum atomic E-state index is 11.7. The lowest BCUT2D eigenvalue weighted by molar-refractivity contribution is -0.143. The number of nitrogens with two attached hydrogens (primary N) is 2. The first kappa shape index (κ1) is 16.0. The van der Waals surface area contributed by atoms with Gasteiger partial charge in [0.25, 0.3) is 5.91 Å². The number of carbonyl (C=O) groups is 4. The van der Waals surface area contributed by atoms with Crippen molar-refractivity contribution in [2.75, 3.05) is 0 Å². The standard InChI is InChI=1S/C9H15N3O6/c10-5(1-2-7(14)15)8(16)4(3-6(11)13)9(17)12-18/h4-5,18H,1-3,10H2,(H2,11,13)(H,12,17)(H,14,15). The molecule has 0 aliphatic rings. The Labute approximate surface area is 102 Å². The minimum atomic E-state index is -1.52. The Morgan fingerprint density at radius 2 is 1.78 bits per heavy atom. The maximum absolute atomic E-state index is 11.7. The van der Waals surface area contributed by atoms with E-state index in [2.05, 4.69) is 0 Å². The van der Waals surface area contributed by atoms with Crippen molar-refractivity contribution in [1.82, 2.24) is 5.48 Å². The van der Waals surface area contributed by atoms with Gasteiger partial charge in [0, 0.05) is 12.8 Å². The van der Waals surface area contributed by atoms with Gasteiger partial charge in [-0.2, -0.15) is 0 Å². The van der Waals surface area contributed by atoms with Crippen molar-refractivity contribution in [2.24, 2.45) is 17.4 Å². The molecule has 0 heterocycles. The van der Waals surface area contributed by atoms with E-state index in [0.717, 1.165) is 0 Å². The zero-order valence-electron chi connectivity index (χ0n) is 9.46. The third kappa shape index (κ3) is 5.37. The number of hydroxylamine groups is 1. The van der Waals surface area contributed by atoms with E-state index in [1.165, 1.54) is 5.48 Å². The zero-order valence-corrected chi connectivity index (χ0v) is 9.46. The van der Waals surface area contributed by atoms with Gasteiger partial charge in [0.05, 0.1) is 6.04 Å². The van der Waals surface area contributed by atoms with Crippen molar-refractivity contribution in [1.29, 1.82) is 0 Å². The van der Waals surface area contributed by atoms with Gasteiger partial charge in [-0.05, 0) is 6.42 Å². The molecule has 0 saturated heterocycles. The van der Waals surface area contributed by atoms with Crippen molar-refractivity contribution in [3.63, 3.8) is 0 Å². The van der Waals surface area contributed by atoms with Crippen LogP contribution in [0.4, 0.5) is 0 Å². The molecule has 2 atom stereocenters. The molecule has 0 saturated carbocycles. The van der Waals surface area contributed by atoms with Crippen LogP contribution in [0.3, 0.4) is 0 Å². The van der Waals surface area contributed by atoms with Gasteiger partial charge in [-0.15, -0.1) is 0 Å². The van der Waals surface area contributed by atoms with Crippen molar-refractivity contribution in [3.8, 4) is 0 Å². The molecule has 0 aliphatic carbocycles. The van der Waals surface area contributed by atoms with Crippen molar-refractivity contribution in [3.05, 3.63) is 0 Å². The fourth-order valence-electron chi connectivity index (χ4n) is 1.28. The van der Waals surface area contributed by atoms with Gasteiger partial charge in [-0.25, -0.2) is 5.48 Å². The highest BCUT2D eigenvalue weighted by atomic mass is 16.5. The summed E-state index contributed by atoms with van der Waals surface area (Å²) in [5.74, 6) is -5.53. The van der Waals surface area contributed by atoms with Crippen LogP contribution in [0.25, 0.3) is 0 Å². The number of carbonyl (C=O) groups excluding carboxylic acids is 3. The molecule has 0 aliphatic heterocycles. The van der Waals surface area contributed by atoms with Crippen LogP contribution in [0, 0.1) is 5.92 Å². The molecule has 9 nitrogen and oxygen atoms in total. The van der Waals surface area contributed by atoms with E-state index in [1.807, 2.05) is 0 Å². The molecule has 0 aromatic rings. The van der Waals surface area contributed by atoms with E-state index in [1.54, 1.807) is 0 Å². The average molecular weight is 261 g/mol. The highest BCUT2D eigenvalue weighted by Gasteiger charge is 2.32. The number of nitrogens with one attached hydrogen (secondary N) is 1. The number of carboxylic acid groups (broad SMARTS) is 1. The number of hydrogen-bond acceptors (Lipinski definition) is 6. The van der Waals surface area contributed by atoms with Gasteiger partial charge in [-0.3, -0.25) is 24.4 Å². The Hall–Kier alpha value is -2.00. The van der Waals surface area contributed by atoms with Crippen LogP contribution >= 0.6 is 0 Å². The second-order valence-electron chi connectivity index (χ2n) is 3.64. The quantitative estimate of drug-likeness (QED) is 0.186. The van der Waals surface area contributed by atoms with Crippen LogP contribution in [0.1, 0.15) is 19.3 Å². The Balaban J connectivity index is 4.68. The fraction of sp³-hybridized carbons (Fsp3) is 0.556. The molecule has 0 fully saturated rings. The van der Waals surface area contributed by atoms with E-state index < -0.39 is 41.9 Å². The summed E-state index contributed by atoms with van der Waals surface area (Å²) in [4.78, 5) is 43.9. The van der Waals surface area contributed by atoms with Crippen LogP contribution < -0.4 is 16.9 Å². The molecule has 102 valence electrons. The minimum absolute atomic E-state index is 0.178. The highest BCUT2D eigenvalue weighted by molar-refractivity contribution is 6.05. The number of carboxylic acids is 1. The van der Waals surface area contributed by atoms with Gasteiger partial charge >= 0.3 is 5.97 Å². The summed E-state index contributed by atoms with van der Waals surface area (Å²) in [6.07, 6.45) is -1.13. The van der Waals surface area contributed by atoms with E-state index in [0.29, 0.717) is 0 Å². The number of hydrogen-bond donors (Lipinski definition) is 5. The third-order valence-electron chi connectivity index (χ3n) is 2.21. The van der Waals surface area contributed by atoms with Gasteiger partial charge in [-0.1, -0.05) is 0 Å². The van der Waals surface area contributed by atoms with Gasteiger partial charge in [0.15, 0.2) is 5.78 Å². The number of ketones is 1. The largest absolute Gasteiger partial charge is 0.481 e. The average Bonchev–Trinajstić information content (AvgIpc) is 2.30. The van der Waals surface area contributed by atoms with Gasteiger partial charge in [0.2, 0.25) is 5.91 Å². The molecule has 2 unspecified atom stereocenters. The molecule has 7 N–H and O–H groups in total. The van der Waals surface area contributed by atoms with Gasteiger partial charge < -0.3 is 16.6 Å². The smallest absolute Gasteiger partial charge is 0.303 e. The summed E-state index contributed by atoms with van der Waals surface area (Å²) in [5, 5.41) is 16.9. The molecule has 0 aromatic carbocycles. The number of Topliss-reactive ketones (excluding diaryl/α,β-unsaturated/α-hetero) is 1. The SMILES string of the molecule is NC(=O)CC(C(=O)NO)C(=O)C(N)CCC(=O)O. The molecule has 0 aromatic heterocycles. The lowest BCUT2D eigenvalue weighted by Gasteiger charge is -2.16. The summed E-state index contributed by atoms with van der Waals surface area (Å²) in [7, 11) is 0. The summed E-state index contributed by atoms with van der Waals surface area (Å²) in [6, 6.07) is -1.22. The van der Waals surface area contributed by atoms with Crippen LogP contribution in [0.2, 0.25) is 0 Å². The van der Waals surface area contributed by atoms with E-state index in [9.17, 15) is 19.2 Å². The number of aliphatic carboxylic acids is 1. The molecular weight excluding hydrogens is 246 g/mol. The number of rotatable bonds is 8. The normalized spacial score (nSPS) is 13.4. The first-order chi connectivity index (χ1) is 8.29. The molecular formula is C9H15N3O6. The first-order valence-electron chi connectivity index (χ1n) is 5.03. The Kier molecular flexibility index (Phi) is 6.53. The Morgan fingerprint density at radius 3 is 2.17 bits per heavy atom. The number of primary amides is 1. The predicted molar refractivity (Wildman–Crippen MR) is 57.1 cm³/mol. The van der Waals surface area contributed by atoms with Crippen molar-refractivity contribution in [2.45, 2.75) is 25.3 Å². The lowest BCUT2D eigenvalue weighted by Crippen LogP contribution is -2.44. The summed E-state index contributed by atoms with van der Waals surface area (Å²) < 4.78 is 0. The molecule has 0 spiro atoms. The summed E-state index contributed by atoms with van der Waals surface area (Å²) in [6.45, 7) is 0. The molecule has 9 heteroatoms. The Bertz CT molecular complexity index is 356. The van der Waals surface area contributed by atoms with Crippen molar-refractivity contribution >= 4 is 23.6 Å². The zero-order chi connectivity index (χ0) is 14.3. The minimum Gasteiger partial charge on any atom is -0.481 e. The molecule has 0 radical (unpaired) electrons. The molecule has 18 heavy (non-hydrogen) atoms. The summed E-state index contributed by atoms with van der Waals surface area (Å²) >= 11 is 0. The summed E-state index contributed by atoms with van der Waals surface area (Å²) in [5.41, 5.74) is 11.5. The molecule has 0 rings (SSSR count). The second kappa shape index (κ2) is 7.35. The van der Waals surface area contributed by atoms with Gasteiger partial charge in [0.1, 0.15) is 5.92 Å². The predicted octanol–water partition coefficient (Wildman–Crippen LogP) is -2.26. The third-order valence-corrected chi connectivity index (χ3v) is 2.21. The molecule has 0 bridgehead atoms. The van der Waals surface area contributed by atoms with Crippen LogP contribution in [-0.4, -0.2) is 39.9 Å².